The van der Waals surface area contributed by atoms with E-state index in [2.05, 4.69) is 45.0 Å². The van der Waals surface area contributed by atoms with Crippen LogP contribution < -0.4 is 5.32 Å². The van der Waals surface area contributed by atoms with Crippen LogP contribution in [0.1, 0.15) is 53.4 Å². The number of nitrogens with zero attached hydrogens (tertiary/aromatic N) is 1. The molecular weight excluding hydrogens is 220 g/mol. The highest BCUT2D eigenvalue weighted by Crippen LogP contribution is 2.26. The molecule has 0 saturated heterocycles. The van der Waals surface area contributed by atoms with Crippen LogP contribution in [0.2, 0.25) is 0 Å². The molecule has 0 heterocycles. The predicted octanol–water partition coefficient (Wildman–Crippen LogP) is 3.38. The average Bonchev–Trinajstić information content (AvgIpc) is 2.67. The lowest BCUT2D eigenvalue weighted by Crippen LogP contribution is -2.41. The zero-order valence-electron chi connectivity index (χ0n) is 13.3. The first-order chi connectivity index (χ1) is 8.39. The Bertz CT molecular complexity index is 217. The molecule has 0 spiro atoms. The number of hydrogen-bond donors (Lipinski definition) is 1. The molecule has 1 aliphatic carbocycles. The van der Waals surface area contributed by atoms with Crippen molar-refractivity contribution in [1.29, 1.82) is 0 Å². The molecule has 1 saturated carbocycles. The monoisotopic (exact) mass is 254 g/mol. The predicted molar refractivity (Wildman–Crippen MR) is 80.9 cm³/mol. The summed E-state index contributed by atoms with van der Waals surface area (Å²) in [7, 11) is 2.29. The minimum absolute atomic E-state index is 0.377. The third-order valence-electron chi connectivity index (χ3n) is 3.90. The topological polar surface area (TPSA) is 15.3 Å². The maximum atomic E-state index is 3.60. The summed E-state index contributed by atoms with van der Waals surface area (Å²) < 4.78 is 0. The van der Waals surface area contributed by atoms with Crippen molar-refractivity contribution in [2.24, 2.45) is 17.3 Å². The molecule has 0 bridgehead atoms. The van der Waals surface area contributed by atoms with Gasteiger partial charge in [0.2, 0.25) is 0 Å². The molecule has 0 atom stereocenters. The normalized spacial score (nSPS) is 18.2. The maximum absolute atomic E-state index is 3.60. The molecule has 18 heavy (non-hydrogen) atoms. The summed E-state index contributed by atoms with van der Waals surface area (Å²) in [4.78, 5) is 2.55. The number of nitrogens with one attached hydrogen (secondary N) is 1. The van der Waals surface area contributed by atoms with E-state index in [-0.39, 0.29) is 0 Å². The third-order valence-corrected chi connectivity index (χ3v) is 3.90. The van der Waals surface area contributed by atoms with Crippen LogP contribution in [-0.4, -0.2) is 38.1 Å². The Balaban J connectivity index is 2.20. The molecule has 2 heteroatoms. The highest BCUT2D eigenvalue weighted by Gasteiger charge is 2.22. The Kier molecular flexibility index (Phi) is 6.65. The molecule has 0 radical (unpaired) electrons. The highest BCUT2D eigenvalue weighted by atomic mass is 15.1. The van der Waals surface area contributed by atoms with E-state index in [0.717, 1.165) is 24.9 Å². The summed E-state index contributed by atoms with van der Waals surface area (Å²) in [6.07, 6.45) is 5.82. The maximum Gasteiger partial charge on any atom is 0.00419 e. The molecule has 1 fully saturated rings. The molecule has 0 unspecified atom stereocenters. The second-order valence-corrected chi connectivity index (χ2v) is 7.54. The minimum Gasteiger partial charge on any atom is -0.316 e. The summed E-state index contributed by atoms with van der Waals surface area (Å²) in [6.45, 7) is 14.1. The van der Waals surface area contributed by atoms with Gasteiger partial charge >= 0.3 is 0 Å². The smallest absolute Gasteiger partial charge is 0.00419 e. The molecule has 2 nitrogen and oxygen atoms in total. The fourth-order valence-electron chi connectivity index (χ4n) is 3.18. The van der Waals surface area contributed by atoms with Crippen LogP contribution in [0, 0.1) is 17.3 Å². The molecule has 0 aromatic carbocycles. The van der Waals surface area contributed by atoms with Crippen LogP contribution in [0.4, 0.5) is 0 Å². The summed E-state index contributed by atoms with van der Waals surface area (Å²) in [5, 5.41) is 3.60. The lowest BCUT2D eigenvalue weighted by molar-refractivity contribution is 0.182. The van der Waals surface area contributed by atoms with Gasteiger partial charge < -0.3 is 10.2 Å². The average molecular weight is 254 g/mol. The molecule has 0 aliphatic heterocycles. The molecule has 108 valence electrons. The van der Waals surface area contributed by atoms with E-state index in [1.54, 1.807) is 0 Å². The lowest BCUT2D eigenvalue weighted by atomic mass is 9.92. The van der Waals surface area contributed by atoms with Crippen molar-refractivity contribution in [2.45, 2.75) is 53.4 Å². The Morgan fingerprint density at radius 3 is 2.39 bits per heavy atom. The highest BCUT2D eigenvalue weighted by molar-refractivity contribution is 4.78. The second kappa shape index (κ2) is 7.49. The van der Waals surface area contributed by atoms with Crippen LogP contribution in [0.3, 0.4) is 0 Å². The Morgan fingerprint density at radius 2 is 1.83 bits per heavy atom. The molecule has 1 aliphatic rings. The summed E-state index contributed by atoms with van der Waals surface area (Å²) in [6, 6.07) is 0. The van der Waals surface area contributed by atoms with Gasteiger partial charge in [-0.15, -0.1) is 0 Å². The van der Waals surface area contributed by atoms with Gasteiger partial charge in [-0.2, -0.15) is 0 Å². The standard InChI is InChI=1S/C16H34N2/c1-14(2)10-17-12-16(3,4)13-18(5)11-15-8-6-7-9-15/h14-15,17H,6-13H2,1-5H3. The van der Waals surface area contributed by atoms with Gasteiger partial charge in [-0.25, -0.2) is 0 Å². The van der Waals surface area contributed by atoms with Gasteiger partial charge in [-0.1, -0.05) is 40.5 Å². The van der Waals surface area contributed by atoms with E-state index in [1.165, 1.54) is 38.8 Å². The quantitative estimate of drug-likeness (QED) is 0.714. The van der Waals surface area contributed by atoms with E-state index in [9.17, 15) is 0 Å². The van der Waals surface area contributed by atoms with Crippen molar-refractivity contribution in [3.8, 4) is 0 Å². The molecule has 0 aromatic rings. The van der Waals surface area contributed by atoms with Gasteiger partial charge in [-0.05, 0) is 43.7 Å². The summed E-state index contributed by atoms with van der Waals surface area (Å²) in [5.74, 6) is 1.71. The third kappa shape index (κ3) is 6.75. The second-order valence-electron chi connectivity index (χ2n) is 7.54. The van der Waals surface area contributed by atoms with Crippen molar-refractivity contribution in [1.82, 2.24) is 10.2 Å². The molecule has 1 rings (SSSR count). The van der Waals surface area contributed by atoms with Crippen molar-refractivity contribution in [3.63, 3.8) is 0 Å². The molecule has 0 amide bonds. The Morgan fingerprint density at radius 1 is 1.22 bits per heavy atom. The summed E-state index contributed by atoms with van der Waals surface area (Å²) >= 11 is 0. The van der Waals surface area contributed by atoms with Gasteiger partial charge in [0.1, 0.15) is 0 Å². The van der Waals surface area contributed by atoms with E-state index in [4.69, 9.17) is 0 Å². The van der Waals surface area contributed by atoms with Gasteiger partial charge in [0.25, 0.3) is 0 Å². The Labute approximate surface area is 115 Å². The van der Waals surface area contributed by atoms with Crippen LogP contribution in [-0.2, 0) is 0 Å². The first-order valence-electron chi connectivity index (χ1n) is 7.78. The van der Waals surface area contributed by atoms with Gasteiger partial charge in [-0.3, -0.25) is 0 Å². The van der Waals surface area contributed by atoms with Gasteiger partial charge in [0.05, 0.1) is 0 Å². The first-order valence-corrected chi connectivity index (χ1v) is 7.78. The fraction of sp³-hybridized carbons (Fsp3) is 1.00. The van der Waals surface area contributed by atoms with Crippen molar-refractivity contribution >= 4 is 0 Å². The zero-order chi connectivity index (χ0) is 13.6. The molecular formula is C16H34N2. The lowest BCUT2D eigenvalue weighted by Gasteiger charge is -2.32. The van der Waals surface area contributed by atoms with E-state index in [0.29, 0.717) is 5.41 Å². The van der Waals surface area contributed by atoms with E-state index >= 15 is 0 Å². The van der Waals surface area contributed by atoms with Crippen LogP contribution >= 0.6 is 0 Å². The fourth-order valence-corrected chi connectivity index (χ4v) is 3.18. The van der Waals surface area contributed by atoms with Crippen molar-refractivity contribution < 1.29 is 0 Å². The number of hydrogen-bond acceptors (Lipinski definition) is 2. The van der Waals surface area contributed by atoms with Crippen molar-refractivity contribution in [3.05, 3.63) is 0 Å². The largest absolute Gasteiger partial charge is 0.316 e. The SMILES string of the molecule is CC(C)CNCC(C)(C)CN(C)CC1CCCC1. The van der Waals surface area contributed by atoms with Gasteiger partial charge in [0, 0.05) is 19.6 Å². The molecule has 0 aromatic heterocycles. The first kappa shape index (κ1) is 16.0. The van der Waals surface area contributed by atoms with Crippen LogP contribution in [0.15, 0.2) is 0 Å². The molecule has 1 N–H and O–H groups in total. The van der Waals surface area contributed by atoms with Crippen molar-refractivity contribution in [2.75, 3.05) is 33.2 Å². The zero-order valence-corrected chi connectivity index (χ0v) is 13.3. The van der Waals surface area contributed by atoms with Crippen LogP contribution in [0.5, 0.6) is 0 Å². The van der Waals surface area contributed by atoms with E-state index in [1.807, 2.05) is 0 Å². The van der Waals surface area contributed by atoms with E-state index < -0.39 is 0 Å². The van der Waals surface area contributed by atoms with Gasteiger partial charge in [0.15, 0.2) is 0 Å². The minimum atomic E-state index is 0.377. The Hall–Kier alpha value is -0.0800. The van der Waals surface area contributed by atoms with Crippen LogP contribution in [0.25, 0.3) is 0 Å². The number of rotatable bonds is 8. The summed E-state index contributed by atoms with van der Waals surface area (Å²) in [5.41, 5.74) is 0.377.